The third kappa shape index (κ3) is 6.32. The van der Waals surface area contributed by atoms with Crippen molar-refractivity contribution in [3.8, 4) is 0 Å². The van der Waals surface area contributed by atoms with Crippen LogP contribution in [0.3, 0.4) is 0 Å². The van der Waals surface area contributed by atoms with Gasteiger partial charge in [0.15, 0.2) is 0 Å². The summed E-state index contributed by atoms with van der Waals surface area (Å²) >= 11 is 1.58. The number of rotatable bonds is 9. The van der Waals surface area contributed by atoms with E-state index >= 15 is 0 Å². The van der Waals surface area contributed by atoms with E-state index in [4.69, 9.17) is 0 Å². The first-order valence-electron chi connectivity index (χ1n) is 15.4. The summed E-state index contributed by atoms with van der Waals surface area (Å²) in [7, 11) is 0. The number of thioether (sulfide) groups is 1. The van der Waals surface area contributed by atoms with Gasteiger partial charge in [0, 0.05) is 16.9 Å². The van der Waals surface area contributed by atoms with Crippen LogP contribution in [-0.2, 0) is 22.8 Å². The second-order valence-corrected chi connectivity index (χ2v) is 13.1. The minimum absolute atomic E-state index is 0.0301. The highest BCUT2D eigenvalue weighted by Crippen LogP contribution is 2.50. The zero-order chi connectivity index (χ0) is 33.3. The Labute approximate surface area is 276 Å². The number of anilines is 1. The van der Waals surface area contributed by atoms with E-state index in [-0.39, 0.29) is 18.4 Å². The van der Waals surface area contributed by atoms with Gasteiger partial charge < -0.3 is 10.0 Å². The number of carboxylic acids is 1. The van der Waals surface area contributed by atoms with E-state index in [1.807, 2.05) is 97.6 Å². The van der Waals surface area contributed by atoms with Crippen molar-refractivity contribution in [2.75, 3.05) is 11.4 Å². The third-order valence-corrected chi connectivity index (χ3v) is 10.2. The molecule has 0 radical (unpaired) electrons. The van der Waals surface area contributed by atoms with Gasteiger partial charge in [-0.2, -0.15) is 13.2 Å². The zero-order valence-corrected chi connectivity index (χ0v) is 27.0. The van der Waals surface area contributed by atoms with Gasteiger partial charge in [-0.15, -0.1) is 0 Å². The van der Waals surface area contributed by atoms with Gasteiger partial charge in [0.2, 0.25) is 0 Å². The molecule has 0 aliphatic carbocycles. The van der Waals surface area contributed by atoms with Crippen LogP contribution >= 0.6 is 11.8 Å². The van der Waals surface area contributed by atoms with Crippen LogP contribution in [0, 0.1) is 6.92 Å². The molecule has 0 saturated heterocycles. The van der Waals surface area contributed by atoms with E-state index in [1.165, 1.54) is 6.07 Å². The molecule has 7 heteroatoms. The van der Waals surface area contributed by atoms with Gasteiger partial charge in [-0.25, -0.2) is 0 Å². The monoisotopic (exact) mass is 649 g/mol. The molecule has 1 atom stereocenters. The largest absolute Gasteiger partial charge is 0.481 e. The number of aliphatic carboxylic acids is 1. The number of nitrogens with zero attached hydrogens (tertiary/aromatic N) is 1. The smallest absolute Gasteiger partial charge is 0.416 e. The molecule has 3 nitrogen and oxygen atoms in total. The Morgan fingerprint density at radius 1 is 0.894 bits per heavy atom. The lowest BCUT2D eigenvalue weighted by atomic mass is 9.68. The highest BCUT2D eigenvalue weighted by molar-refractivity contribution is 8.04. The van der Waals surface area contributed by atoms with E-state index in [2.05, 4.69) is 18.7 Å². The summed E-state index contributed by atoms with van der Waals surface area (Å²) in [6, 6.07) is 29.9. The lowest BCUT2D eigenvalue weighted by Gasteiger charge is -2.35. The third-order valence-electron chi connectivity index (χ3n) is 8.97. The molecule has 1 aliphatic rings. The van der Waals surface area contributed by atoms with Crippen LogP contribution in [0.1, 0.15) is 35.6 Å². The zero-order valence-electron chi connectivity index (χ0n) is 26.1. The quantitative estimate of drug-likeness (QED) is 0.161. The summed E-state index contributed by atoms with van der Waals surface area (Å²) in [5, 5.41) is 14.5. The van der Waals surface area contributed by atoms with Gasteiger partial charge in [-0.05, 0) is 75.4 Å². The molecule has 0 bridgehead atoms. The Kier molecular flexibility index (Phi) is 8.77. The van der Waals surface area contributed by atoms with Crippen molar-refractivity contribution in [1.29, 1.82) is 0 Å². The molecule has 0 saturated carbocycles. The van der Waals surface area contributed by atoms with Gasteiger partial charge in [-0.1, -0.05) is 122 Å². The predicted molar refractivity (Wildman–Crippen MR) is 187 cm³/mol. The molecule has 0 aromatic heterocycles. The first-order chi connectivity index (χ1) is 22.5. The molecule has 6 rings (SSSR count). The minimum Gasteiger partial charge on any atom is -0.481 e. The van der Waals surface area contributed by atoms with Crippen LogP contribution in [0.4, 0.5) is 18.9 Å². The fourth-order valence-corrected chi connectivity index (χ4v) is 7.86. The number of hydrogen-bond donors (Lipinski definition) is 1. The molecule has 0 spiro atoms. The number of benzene rings is 5. The SMILES string of the molecule is C=C(/C=C/C=C1\Sc2c(ccc3ccccc23)N1CCC(=O)O)C(C)(Cc1ccccc1C(F)(F)F)c1c(C)ccc2ccccc12. The first kappa shape index (κ1) is 32.2. The van der Waals surface area contributed by atoms with Crippen molar-refractivity contribution >= 4 is 45.0 Å². The summed E-state index contributed by atoms with van der Waals surface area (Å²) in [6.07, 6.45) is 1.26. The summed E-state index contributed by atoms with van der Waals surface area (Å²) in [5.41, 5.74) is 2.18. The fourth-order valence-electron chi connectivity index (χ4n) is 6.63. The minimum atomic E-state index is -4.49. The number of alkyl halides is 3. The molecule has 1 heterocycles. The van der Waals surface area contributed by atoms with Crippen LogP contribution < -0.4 is 4.90 Å². The number of fused-ring (bicyclic) bond motifs is 4. The van der Waals surface area contributed by atoms with Crippen LogP contribution in [-0.4, -0.2) is 17.6 Å². The average molecular weight is 650 g/mol. The Morgan fingerprint density at radius 3 is 2.26 bits per heavy atom. The van der Waals surface area contributed by atoms with E-state index < -0.39 is 23.1 Å². The normalized spacial score (nSPS) is 15.4. The van der Waals surface area contributed by atoms with Gasteiger partial charge in [0.1, 0.15) is 0 Å². The van der Waals surface area contributed by atoms with E-state index in [1.54, 1.807) is 23.9 Å². The second kappa shape index (κ2) is 12.8. The highest BCUT2D eigenvalue weighted by atomic mass is 32.2. The predicted octanol–water partition coefficient (Wildman–Crippen LogP) is 10.9. The van der Waals surface area contributed by atoms with E-state index in [0.29, 0.717) is 12.1 Å². The molecule has 238 valence electrons. The van der Waals surface area contributed by atoms with Crippen LogP contribution in [0.15, 0.2) is 137 Å². The summed E-state index contributed by atoms with van der Waals surface area (Å²) in [6.45, 7) is 8.73. The topological polar surface area (TPSA) is 40.5 Å². The maximum absolute atomic E-state index is 14.2. The van der Waals surface area contributed by atoms with Crippen molar-refractivity contribution in [3.63, 3.8) is 0 Å². The molecule has 47 heavy (non-hydrogen) atoms. The molecule has 1 N–H and O–H groups in total. The van der Waals surface area contributed by atoms with Gasteiger partial charge >= 0.3 is 12.1 Å². The molecular weight excluding hydrogens is 616 g/mol. The summed E-state index contributed by atoms with van der Waals surface area (Å²) < 4.78 is 42.6. The maximum atomic E-state index is 14.2. The first-order valence-corrected chi connectivity index (χ1v) is 16.2. The Bertz CT molecular complexity index is 2080. The summed E-state index contributed by atoms with van der Waals surface area (Å²) in [4.78, 5) is 14.6. The van der Waals surface area contributed by atoms with Gasteiger partial charge in [0.05, 0.1) is 22.7 Å². The van der Waals surface area contributed by atoms with Gasteiger partial charge in [0.25, 0.3) is 0 Å². The molecule has 5 aromatic rings. The number of aryl methyl sites for hydroxylation is 1. The fraction of sp³-hybridized carbons (Fsp3) is 0.175. The Hall–Kier alpha value is -4.75. The second-order valence-electron chi connectivity index (χ2n) is 12.1. The standard InChI is InChI=1S/C40H34F3NO2S/c1-26-19-20-28-12-4-7-15-31(28)37(26)39(3,25-30-14-6-9-17-33(30)40(41,42)43)27(2)11-10-18-35-44(24-23-36(45)46)34-22-21-29-13-5-8-16-32(29)38(34)47-35/h4-22H,2,23-25H2,1,3H3,(H,45,46)/b11-10+,35-18-. The molecular formula is C40H34F3NO2S. The lowest BCUT2D eigenvalue weighted by Crippen LogP contribution is -2.29. The Balaban J connectivity index is 1.42. The van der Waals surface area contributed by atoms with Crippen LogP contribution in [0.2, 0.25) is 0 Å². The summed E-state index contributed by atoms with van der Waals surface area (Å²) in [5.74, 6) is -0.882. The van der Waals surface area contributed by atoms with Crippen molar-refractivity contribution in [3.05, 3.63) is 155 Å². The number of allylic oxidation sites excluding steroid dienone is 4. The molecule has 0 fully saturated rings. The van der Waals surface area contributed by atoms with Gasteiger partial charge in [-0.3, -0.25) is 4.79 Å². The maximum Gasteiger partial charge on any atom is 0.416 e. The molecule has 5 aromatic carbocycles. The van der Waals surface area contributed by atoms with Crippen molar-refractivity contribution in [2.45, 2.75) is 43.2 Å². The number of carbonyl (C=O) groups is 1. The molecule has 1 unspecified atom stereocenters. The lowest BCUT2D eigenvalue weighted by molar-refractivity contribution is -0.138. The number of halogens is 3. The highest BCUT2D eigenvalue weighted by Gasteiger charge is 2.38. The number of hydrogen-bond acceptors (Lipinski definition) is 3. The number of carboxylic acid groups (broad SMARTS) is 1. The van der Waals surface area contributed by atoms with Crippen molar-refractivity contribution in [2.24, 2.45) is 0 Å². The average Bonchev–Trinajstić information content (AvgIpc) is 3.41. The molecule has 1 aliphatic heterocycles. The Morgan fingerprint density at radius 2 is 1.53 bits per heavy atom. The van der Waals surface area contributed by atoms with E-state index in [9.17, 15) is 23.1 Å². The van der Waals surface area contributed by atoms with Crippen molar-refractivity contribution in [1.82, 2.24) is 0 Å². The van der Waals surface area contributed by atoms with Crippen LogP contribution in [0.5, 0.6) is 0 Å². The van der Waals surface area contributed by atoms with Crippen molar-refractivity contribution < 1.29 is 23.1 Å². The van der Waals surface area contributed by atoms with E-state index in [0.717, 1.165) is 54.4 Å². The van der Waals surface area contributed by atoms with Crippen LogP contribution in [0.25, 0.3) is 21.5 Å². The molecule has 0 amide bonds.